The fraction of sp³-hybridized carbons (Fsp3) is 0.385. The molecule has 0 aromatic heterocycles. The number of rotatable bonds is 2. The van der Waals surface area contributed by atoms with Crippen molar-refractivity contribution in [2.45, 2.75) is 51.7 Å². The first kappa shape index (κ1) is 22.8. The average molecular weight is 524 g/mol. The molecule has 2 aromatic rings. The molecule has 4 atom stereocenters. The molecule has 0 N–H and O–H groups in total. The number of fused-ring (bicyclic) bond motifs is 3. The Bertz CT molecular complexity index is 1230. The summed E-state index contributed by atoms with van der Waals surface area (Å²) in [6, 6.07) is 13.2. The molecule has 0 radical (unpaired) electrons. The van der Waals surface area contributed by atoms with Crippen molar-refractivity contribution in [1.82, 2.24) is 9.80 Å². The number of likely N-dealkylation sites (tertiary alicyclic amines) is 1. The van der Waals surface area contributed by atoms with Gasteiger partial charge in [0.1, 0.15) is 5.54 Å². The van der Waals surface area contributed by atoms with Crippen LogP contribution in [0.2, 0.25) is 0 Å². The van der Waals surface area contributed by atoms with Gasteiger partial charge in [0.2, 0.25) is 11.8 Å². The number of hydrogen-bond acceptors (Lipinski definition) is 4. The van der Waals surface area contributed by atoms with Gasteiger partial charge in [0.25, 0.3) is 5.91 Å². The van der Waals surface area contributed by atoms with Crippen molar-refractivity contribution in [2.24, 2.45) is 11.8 Å². The summed E-state index contributed by atoms with van der Waals surface area (Å²) in [4.78, 5) is 59.2. The van der Waals surface area contributed by atoms with E-state index >= 15 is 0 Å². The summed E-state index contributed by atoms with van der Waals surface area (Å²) in [6.07, 6.45) is 0. The zero-order valence-electron chi connectivity index (χ0n) is 19.7. The van der Waals surface area contributed by atoms with Gasteiger partial charge in [-0.15, -0.1) is 0 Å². The van der Waals surface area contributed by atoms with E-state index in [2.05, 4.69) is 15.9 Å². The molecule has 8 heteroatoms. The van der Waals surface area contributed by atoms with E-state index in [0.717, 1.165) is 14.9 Å². The van der Waals surface area contributed by atoms with Gasteiger partial charge in [-0.2, -0.15) is 0 Å². The number of imide groups is 2. The van der Waals surface area contributed by atoms with Crippen molar-refractivity contribution >= 4 is 45.4 Å². The van der Waals surface area contributed by atoms with Crippen molar-refractivity contribution in [3.8, 4) is 0 Å². The van der Waals surface area contributed by atoms with Crippen LogP contribution >= 0.6 is 15.9 Å². The molecule has 3 heterocycles. The number of urea groups is 1. The van der Waals surface area contributed by atoms with E-state index in [0.29, 0.717) is 11.3 Å². The number of hydrogen-bond donors (Lipinski definition) is 0. The van der Waals surface area contributed by atoms with E-state index in [1.807, 2.05) is 43.3 Å². The van der Waals surface area contributed by atoms with Gasteiger partial charge < -0.3 is 4.90 Å². The molecule has 3 aliphatic heterocycles. The van der Waals surface area contributed by atoms with Gasteiger partial charge in [-0.25, -0.2) is 9.69 Å². The summed E-state index contributed by atoms with van der Waals surface area (Å²) in [5.74, 6) is -3.01. The SMILES string of the molecule is Cc1ccc(N2C(=O)N3C(c4ccc(Br)cc4)C4C(=O)N(C(C)(C)C)C(=O)C4[C@]3(C)C2=O)cc1. The quantitative estimate of drug-likeness (QED) is 0.430. The molecule has 2 aromatic carbocycles. The summed E-state index contributed by atoms with van der Waals surface area (Å²) in [6.45, 7) is 8.97. The first-order valence-electron chi connectivity index (χ1n) is 11.3. The third-order valence-corrected chi connectivity index (χ3v) is 7.81. The van der Waals surface area contributed by atoms with Gasteiger partial charge in [-0.1, -0.05) is 45.8 Å². The molecule has 34 heavy (non-hydrogen) atoms. The standard InChI is InChI=1S/C26H26BrN3O4/c1-14-6-12-17(13-7-14)28-23(33)26(5)19-18(21(31)30(22(19)32)25(2,3)4)20(29(26)24(28)34)15-8-10-16(27)11-9-15/h6-13,18-20H,1-5H3/t18?,19?,20?,26-/m1/s1. The van der Waals surface area contributed by atoms with Crippen LogP contribution in [0, 0.1) is 18.8 Å². The molecule has 0 saturated carbocycles. The molecule has 0 spiro atoms. The predicted octanol–water partition coefficient (Wildman–Crippen LogP) is 4.44. The van der Waals surface area contributed by atoms with Crippen LogP contribution in [0.25, 0.3) is 0 Å². The smallest absolute Gasteiger partial charge is 0.301 e. The van der Waals surface area contributed by atoms with Crippen LogP contribution in [0.15, 0.2) is 53.0 Å². The molecule has 0 bridgehead atoms. The molecular formula is C26H26BrN3O4. The fourth-order valence-corrected chi connectivity index (χ4v) is 6.04. The van der Waals surface area contributed by atoms with Crippen LogP contribution in [0.5, 0.6) is 0 Å². The lowest BCUT2D eigenvalue weighted by molar-refractivity contribution is -0.148. The topological polar surface area (TPSA) is 78.0 Å². The van der Waals surface area contributed by atoms with Crippen molar-refractivity contribution in [1.29, 1.82) is 0 Å². The molecule has 3 fully saturated rings. The second-order valence-corrected chi connectivity index (χ2v) is 11.4. The van der Waals surface area contributed by atoms with Gasteiger partial charge in [0.05, 0.1) is 23.6 Å². The molecule has 5 rings (SSSR count). The number of anilines is 1. The lowest BCUT2D eigenvalue weighted by Gasteiger charge is -2.36. The highest BCUT2D eigenvalue weighted by Gasteiger charge is 2.76. The van der Waals surface area contributed by atoms with Crippen molar-refractivity contribution in [3.05, 3.63) is 64.1 Å². The number of carbonyl (C=O) groups is 4. The first-order chi connectivity index (χ1) is 15.9. The molecule has 3 saturated heterocycles. The first-order valence-corrected chi connectivity index (χ1v) is 12.1. The highest BCUT2D eigenvalue weighted by atomic mass is 79.9. The van der Waals surface area contributed by atoms with E-state index in [-0.39, 0.29) is 5.91 Å². The molecule has 5 amide bonds. The summed E-state index contributed by atoms with van der Waals surface area (Å²) in [7, 11) is 0. The zero-order chi connectivity index (χ0) is 24.7. The van der Waals surface area contributed by atoms with Crippen LogP contribution in [0.1, 0.15) is 44.9 Å². The van der Waals surface area contributed by atoms with E-state index < -0.39 is 46.8 Å². The number of amides is 5. The largest absolute Gasteiger partial charge is 0.332 e. The number of aryl methyl sites for hydroxylation is 1. The van der Waals surface area contributed by atoms with E-state index in [4.69, 9.17) is 0 Å². The maximum Gasteiger partial charge on any atom is 0.332 e. The maximum absolute atomic E-state index is 14.0. The molecule has 7 nitrogen and oxygen atoms in total. The Labute approximate surface area is 206 Å². The third-order valence-electron chi connectivity index (χ3n) is 7.28. The molecular weight excluding hydrogens is 498 g/mol. The van der Waals surface area contributed by atoms with Crippen molar-refractivity contribution < 1.29 is 19.2 Å². The minimum absolute atomic E-state index is 0.339. The Hall–Kier alpha value is -3.00. The van der Waals surface area contributed by atoms with Crippen LogP contribution in [0.4, 0.5) is 10.5 Å². The molecule has 3 aliphatic rings. The lowest BCUT2D eigenvalue weighted by atomic mass is 9.80. The summed E-state index contributed by atoms with van der Waals surface area (Å²) < 4.78 is 0.851. The summed E-state index contributed by atoms with van der Waals surface area (Å²) in [5.41, 5.74) is -0.0547. The van der Waals surface area contributed by atoms with Gasteiger partial charge in [-0.05, 0) is 64.4 Å². The molecule has 0 aliphatic carbocycles. The van der Waals surface area contributed by atoms with E-state index in [1.54, 1.807) is 39.8 Å². The van der Waals surface area contributed by atoms with Crippen LogP contribution in [-0.4, -0.2) is 44.6 Å². The van der Waals surface area contributed by atoms with E-state index in [9.17, 15) is 19.2 Å². The van der Waals surface area contributed by atoms with Gasteiger partial charge >= 0.3 is 6.03 Å². The van der Waals surface area contributed by atoms with Crippen LogP contribution in [0.3, 0.4) is 0 Å². The van der Waals surface area contributed by atoms with Gasteiger partial charge in [0.15, 0.2) is 0 Å². The van der Waals surface area contributed by atoms with Gasteiger partial charge in [-0.3, -0.25) is 19.3 Å². The zero-order valence-corrected chi connectivity index (χ0v) is 21.3. The summed E-state index contributed by atoms with van der Waals surface area (Å²) >= 11 is 3.43. The Kier molecular flexibility index (Phi) is 4.86. The Morgan fingerprint density at radius 2 is 1.47 bits per heavy atom. The number of benzene rings is 2. The Morgan fingerprint density at radius 3 is 2.03 bits per heavy atom. The van der Waals surface area contributed by atoms with Gasteiger partial charge in [0, 0.05) is 10.0 Å². The van der Waals surface area contributed by atoms with Crippen molar-refractivity contribution in [3.63, 3.8) is 0 Å². The summed E-state index contributed by atoms with van der Waals surface area (Å²) in [5, 5.41) is 0. The predicted molar refractivity (Wildman–Crippen MR) is 130 cm³/mol. The highest BCUT2D eigenvalue weighted by molar-refractivity contribution is 9.10. The molecule has 176 valence electrons. The molecule has 3 unspecified atom stereocenters. The monoisotopic (exact) mass is 523 g/mol. The van der Waals surface area contributed by atoms with E-state index in [1.165, 1.54) is 9.80 Å². The number of carbonyl (C=O) groups excluding carboxylic acids is 4. The second-order valence-electron chi connectivity index (χ2n) is 10.5. The minimum atomic E-state index is -1.48. The highest BCUT2D eigenvalue weighted by Crippen LogP contribution is 2.59. The Balaban J connectivity index is 1.71. The van der Waals surface area contributed by atoms with Crippen molar-refractivity contribution in [2.75, 3.05) is 4.90 Å². The van der Waals surface area contributed by atoms with Crippen LogP contribution in [-0.2, 0) is 14.4 Å². The third kappa shape index (κ3) is 2.87. The average Bonchev–Trinajstić information content (AvgIpc) is 3.27. The number of nitrogens with zero attached hydrogens (tertiary/aromatic N) is 3. The number of halogens is 1. The maximum atomic E-state index is 14.0. The van der Waals surface area contributed by atoms with Crippen LogP contribution < -0.4 is 4.90 Å². The minimum Gasteiger partial charge on any atom is -0.301 e. The lowest BCUT2D eigenvalue weighted by Crippen LogP contribution is -2.54. The normalized spacial score (nSPS) is 28.8. The second kappa shape index (κ2) is 7.25. The fourth-order valence-electron chi connectivity index (χ4n) is 5.77. The Morgan fingerprint density at radius 1 is 0.882 bits per heavy atom.